The first-order valence-electron chi connectivity index (χ1n) is 6.84. The Morgan fingerprint density at radius 3 is 2.59 bits per heavy atom. The minimum absolute atomic E-state index is 0.530. The molecule has 3 nitrogen and oxygen atoms in total. The van der Waals surface area contributed by atoms with Gasteiger partial charge < -0.3 is 0 Å². The van der Waals surface area contributed by atoms with E-state index in [1.165, 1.54) is 0 Å². The Balaban J connectivity index is 2.19. The molecule has 4 rings (SSSR count). The number of hydrogen-bond acceptors (Lipinski definition) is 2. The van der Waals surface area contributed by atoms with Gasteiger partial charge in [-0.3, -0.25) is 4.40 Å². The summed E-state index contributed by atoms with van der Waals surface area (Å²) < 4.78 is 1.92. The topological polar surface area (TPSA) is 41.1 Å². The maximum atomic E-state index is 9.48. The number of pyridine rings is 1. The summed E-state index contributed by atoms with van der Waals surface area (Å²) in [6.07, 6.45) is 1.91. The number of nitriles is 1. The van der Waals surface area contributed by atoms with Gasteiger partial charge in [0, 0.05) is 11.8 Å². The van der Waals surface area contributed by atoms with E-state index >= 15 is 0 Å². The number of benzene rings is 2. The van der Waals surface area contributed by atoms with E-state index in [4.69, 9.17) is 11.6 Å². The first-order valence-corrected chi connectivity index (χ1v) is 7.22. The lowest BCUT2D eigenvalue weighted by Gasteiger charge is -2.07. The van der Waals surface area contributed by atoms with E-state index in [0.29, 0.717) is 16.1 Å². The molecule has 0 saturated carbocycles. The summed E-state index contributed by atoms with van der Waals surface area (Å²) in [5, 5.41) is 10.1. The molecule has 0 fully saturated rings. The minimum atomic E-state index is 0.530. The molecule has 0 unspecified atom stereocenters. The van der Waals surface area contributed by atoms with Crippen LogP contribution in [0.3, 0.4) is 0 Å². The van der Waals surface area contributed by atoms with Crippen LogP contribution in [-0.2, 0) is 0 Å². The zero-order valence-electron chi connectivity index (χ0n) is 11.5. The zero-order valence-corrected chi connectivity index (χ0v) is 12.2. The lowest BCUT2D eigenvalue weighted by molar-refractivity contribution is 1.23. The highest BCUT2D eigenvalue weighted by Crippen LogP contribution is 2.36. The van der Waals surface area contributed by atoms with Crippen LogP contribution >= 0.6 is 11.6 Å². The molecule has 4 aromatic rings. The number of imidazole rings is 1. The highest BCUT2D eigenvalue weighted by atomic mass is 35.5. The van der Waals surface area contributed by atoms with Crippen LogP contribution in [0, 0.1) is 11.3 Å². The van der Waals surface area contributed by atoms with Gasteiger partial charge in [0.15, 0.2) is 0 Å². The average molecular weight is 304 g/mol. The number of aromatic nitrogens is 2. The smallest absolute Gasteiger partial charge is 0.138 e. The van der Waals surface area contributed by atoms with E-state index in [9.17, 15) is 5.26 Å². The van der Waals surface area contributed by atoms with Gasteiger partial charge in [-0.15, -0.1) is 0 Å². The summed E-state index contributed by atoms with van der Waals surface area (Å²) in [4.78, 5) is 4.54. The second-order valence-corrected chi connectivity index (χ2v) is 5.38. The first-order chi connectivity index (χ1) is 10.8. The van der Waals surface area contributed by atoms with Crippen LogP contribution in [0.2, 0.25) is 5.02 Å². The summed E-state index contributed by atoms with van der Waals surface area (Å²) in [7, 11) is 0. The molecule has 0 spiro atoms. The third kappa shape index (κ3) is 1.78. The van der Waals surface area contributed by atoms with Crippen molar-refractivity contribution in [2.45, 2.75) is 0 Å². The Morgan fingerprint density at radius 2 is 1.82 bits per heavy atom. The largest absolute Gasteiger partial charge is 0.298 e. The highest BCUT2D eigenvalue weighted by molar-refractivity contribution is 6.38. The number of fused-ring (bicyclic) bond motifs is 3. The molecule has 0 radical (unpaired) electrons. The van der Waals surface area contributed by atoms with Gasteiger partial charge in [0.05, 0.1) is 16.1 Å². The van der Waals surface area contributed by atoms with E-state index in [0.717, 1.165) is 22.3 Å². The van der Waals surface area contributed by atoms with Gasteiger partial charge in [-0.1, -0.05) is 48.0 Å². The normalized spacial score (nSPS) is 10.9. The molecular weight excluding hydrogens is 294 g/mol. The van der Waals surface area contributed by atoms with Crippen molar-refractivity contribution >= 4 is 28.3 Å². The summed E-state index contributed by atoms with van der Waals surface area (Å²) in [6.45, 7) is 0. The molecule has 0 atom stereocenters. The fraction of sp³-hybridized carbons (Fsp3) is 0. The molecule has 2 aromatic carbocycles. The van der Waals surface area contributed by atoms with Gasteiger partial charge in [0.25, 0.3) is 0 Å². The molecule has 0 aliphatic heterocycles. The van der Waals surface area contributed by atoms with Crippen LogP contribution in [0.4, 0.5) is 0 Å². The Morgan fingerprint density at radius 1 is 1.05 bits per heavy atom. The predicted octanol–water partition coefficient (Wildman–Crippen LogP) is 4.68. The lowest BCUT2D eigenvalue weighted by atomic mass is 10.0. The minimum Gasteiger partial charge on any atom is -0.298 e. The molecule has 0 aliphatic carbocycles. The maximum absolute atomic E-state index is 9.48. The molecule has 0 bridgehead atoms. The Bertz CT molecular complexity index is 1040. The average Bonchev–Trinajstić information content (AvgIpc) is 2.96. The van der Waals surface area contributed by atoms with E-state index in [-0.39, 0.29) is 0 Å². The Hall–Kier alpha value is -2.83. The highest BCUT2D eigenvalue weighted by Gasteiger charge is 2.17. The molecule has 4 heteroatoms. The van der Waals surface area contributed by atoms with Gasteiger partial charge in [0.1, 0.15) is 17.2 Å². The second kappa shape index (κ2) is 4.87. The molecule has 0 N–H and O–H groups in total. The molecular formula is C18H10ClN3. The van der Waals surface area contributed by atoms with Crippen LogP contribution in [-0.4, -0.2) is 9.38 Å². The van der Waals surface area contributed by atoms with Gasteiger partial charge in [-0.05, 0) is 23.8 Å². The number of nitrogens with zero attached hydrogens (tertiary/aromatic N) is 3. The second-order valence-electron chi connectivity index (χ2n) is 5.00. The van der Waals surface area contributed by atoms with Crippen LogP contribution in [0.15, 0.2) is 60.8 Å². The van der Waals surface area contributed by atoms with Crippen molar-refractivity contribution in [2.24, 2.45) is 0 Å². The molecule has 104 valence electrons. The SMILES string of the molecule is N#Cc1cc(-c2ccccc2)c(Cl)c2c1nc1ccccn12. The van der Waals surface area contributed by atoms with E-state index in [1.807, 2.05) is 65.2 Å². The van der Waals surface area contributed by atoms with Crippen molar-refractivity contribution in [3.05, 3.63) is 71.4 Å². The van der Waals surface area contributed by atoms with Crippen LogP contribution < -0.4 is 0 Å². The molecule has 2 aromatic heterocycles. The summed E-state index contributed by atoms with van der Waals surface area (Å²) in [5.74, 6) is 0. The molecule has 0 amide bonds. The molecule has 2 heterocycles. The molecule has 22 heavy (non-hydrogen) atoms. The van der Waals surface area contributed by atoms with Gasteiger partial charge >= 0.3 is 0 Å². The van der Waals surface area contributed by atoms with Crippen molar-refractivity contribution in [3.63, 3.8) is 0 Å². The fourth-order valence-electron chi connectivity index (χ4n) is 2.71. The van der Waals surface area contributed by atoms with Gasteiger partial charge in [-0.25, -0.2) is 4.98 Å². The van der Waals surface area contributed by atoms with Crippen LogP contribution in [0.5, 0.6) is 0 Å². The maximum Gasteiger partial charge on any atom is 0.138 e. The molecule has 0 aliphatic rings. The Kier molecular flexibility index (Phi) is 2.85. The predicted molar refractivity (Wildman–Crippen MR) is 87.9 cm³/mol. The number of hydrogen-bond donors (Lipinski definition) is 0. The molecule has 0 saturated heterocycles. The fourth-order valence-corrected chi connectivity index (χ4v) is 3.05. The van der Waals surface area contributed by atoms with Crippen LogP contribution in [0.25, 0.3) is 27.8 Å². The Labute approximate surface area is 132 Å². The first kappa shape index (κ1) is 12.9. The third-order valence-corrected chi connectivity index (χ3v) is 4.11. The standard InChI is InChI=1S/C18H10ClN3/c19-16-14(12-6-2-1-3-7-12)10-13(11-20)17-18(16)22-9-5-4-8-15(22)21-17/h1-10H. The van der Waals surface area contributed by atoms with E-state index < -0.39 is 0 Å². The third-order valence-electron chi connectivity index (χ3n) is 3.72. The van der Waals surface area contributed by atoms with E-state index in [2.05, 4.69) is 11.1 Å². The summed E-state index contributed by atoms with van der Waals surface area (Å²) in [5.41, 5.74) is 4.55. The summed E-state index contributed by atoms with van der Waals surface area (Å²) in [6, 6.07) is 19.6. The lowest BCUT2D eigenvalue weighted by Crippen LogP contribution is -1.89. The number of rotatable bonds is 1. The van der Waals surface area contributed by atoms with Crippen LogP contribution in [0.1, 0.15) is 5.56 Å². The van der Waals surface area contributed by atoms with E-state index in [1.54, 1.807) is 0 Å². The van der Waals surface area contributed by atoms with Crippen molar-refractivity contribution in [3.8, 4) is 17.2 Å². The quantitative estimate of drug-likeness (QED) is 0.512. The summed E-state index contributed by atoms with van der Waals surface area (Å²) >= 11 is 6.66. The van der Waals surface area contributed by atoms with Gasteiger partial charge in [0.2, 0.25) is 0 Å². The van der Waals surface area contributed by atoms with Crippen molar-refractivity contribution < 1.29 is 0 Å². The number of halogens is 1. The van der Waals surface area contributed by atoms with Crippen molar-refractivity contribution in [1.82, 2.24) is 9.38 Å². The van der Waals surface area contributed by atoms with Crippen molar-refractivity contribution in [2.75, 3.05) is 0 Å². The van der Waals surface area contributed by atoms with Gasteiger partial charge in [-0.2, -0.15) is 5.26 Å². The zero-order chi connectivity index (χ0) is 15.1. The monoisotopic (exact) mass is 303 g/mol. The van der Waals surface area contributed by atoms with Crippen molar-refractivity contribution in [1.29, 1.82) is 5.26 Å².